The maximum absolute atomic E-state index is 12.6. The van der Waals surface area contributed by atoms with Gasteiger partial charge >= 0.3 is 24.1 Å². The summed E-state index contributed by atoms with van der Waals surface area (Å²) < 4.78 is 38.8. The Labute approximate surface area is 413 Å². The van der Waals surface area contributed by atoms with Crippen molar-refractivity contribution in [2.24, 2.45) is 0 Å². The van der Waals surface area contributed by atoms with Gasteiger partial charge in [-0.15, -0.1) is 22.7 Å². The Hall–Kier alpha value is -8.16. The number of carbonyl (C=O) groups excluding carboxylic acids is 3. The molecule has 0 saturated carbocycles. The first-order valence-electron chi connectivity index (χ1n) is 21.7. The highest BCUT2D eigenvalue weighted by atomic mass is 32.1. The number of hydrogen-bond acceptors (Lipinski definition) is 12. The second-order valence-electron chi connectivity index (χ2n) is 16.4. The highest BCUT2D eigenvalue weighted by molar-refractivity contribution is 7.21. The molecule has 19 heteroatoms. The van der Waals surface area contributed by atoms with Gasteiger partial charge in [-0.1, -0.05) is 84.9 Å². The van der Waals surface area contributed by atoms with Crippen molar-refractivity contribution < 1.29 is 52.1 Å². The van der Waals surface area contributed by atoms with Crippen LogP contribution in [-0.4, -0.2) is 74.8 Å². The summed E-state index contributed by atoms with van der Waals surface area (Å²) in [6.45, 7) is 5.77. The Balaban J connectivity index is 0.000000206. The number of fused-ring (bicyclic) bond motifs is 2. The van der Waals surface area contributed by atoms with Crippen LogP contribution < -0.4 is 21.3 Å². The average molecular weight is 1010 g/mol. The van der Waals surface area contributed by atoms with Crippen molar-refractivity contribution in [3.8, 4) is 22.3 Å². The van der Waals surface area contributed by atoms with Crippen molar-refractivity contribution in [2.45, 2.75) is 45.4 Å². The molecule has 0 unspecified atom stereocenters. The van der Waals surface area contributed by atoms with Gasteiger partial charge in [-0.05, 0) is 79.4 Å². The first kappa shape index (κ1) is 52.2. The van der Waals surface area contributed by atoms with E-state index in [4.69, 9.17) is 19.7 Å². The van der Waals surface area contributed by atoms with E-state index in [9.17, 15) is 32.3 Å². The lowest BCUT2D eigenvalue weighted by Gasteiger charge is -2.19. The summed E-state index contributed by atoms with van der Waals surface area (Å²) in [5.41, 5.74) is 7.55. The molecular weight excluding hydrogens is 958 g/mol. The zero-order valence-corrected chi connectivity index (χ0v) is 40.0. The normalized spacial score (nSPS) is 11.0. The number of nitrogens with one attached hydrogen (secondary N) is 4. The molecule has 0 spiro atoms. The maximum Gasteiger partial charge on any atom is 0.490 e. The van der Waals surface area contributed by atoms with Gasteiger partial charge in [-0.25, -0.2) is 4.79 Å². The SMILES string of the molecule is CC(C)(C)OC(=O)CCNC(=O)c1cc2c(Nc3ccc(-c4ccccc4)cc3)cncc2s1.O=C(O)C(F)(F)F.O=C(O)CCNC(=O)c1cc2c(Nc3ccc(-c4ccccc4)cc3)cncc2s1. The quantitative estimate of drug-likeness (QED) is 0.0562. The summed E-state index contributed by atoms with van der Waals surface area (Å²) in [5, 5.41) is 29.9. The standard InChI is InChI=1S/C27H27N3O3S.C23H19N3O3S.C2HF3O2/c1-27(2,3)33-25(31)13-14-29-26(32)23-15-21-22(16-28-17-24(21)34-23)30-20-11-9-19(10-12-20)18-7-5-4-6-8-18;27-22(28)10-11-25-23(29)20-12-18-19(13-24-14-21(18)30-20)26-17-8-6-16(7-9-17)15-4-2-1-3-5-15;3-2(4,5)1(6)7/h4-12,15-17,30H,13-14H2,1-3H3,(H,29,32);1-9,12-14,26H,10-11H2,(H,25,29)(H,27,28);(H,6,7). The smallest absolute Gasteiger partial charge is 0.481 e. The summed E-state index contributed by atoms with van der Waals surface area (Å²) in [6.07, 6.45) is 1.89. The third-order valence-corrected chi connectivity index (χ3v) is 11.9. The van der Waals surface area contributed by atoms with Crippen LogP contribution >= 0.6 is 22.7 Å². The summed E-state index contributed by atoms with van der Waals surface area (Å²) in [7, 11) is 0. The fourth-order valence-corrected chi connectivity index (χ4v) is 8.48. The number of carbonyl (C=O) groups is 5. The summed E-state index contributed by atoms with van der Waals surface area (Å²) >= 11 is 2.69. The molecule has 4 aromatic carbocycles. The molecule has 71 heavy (non-hydrogen) atoms. The number of anilines is 4. The van der Waals surface area contributed by atoms with E-state index in [2.05, 4.69) is 79.8 Å². The molecule has 8 aromatic rings. The van der Waals surface area contributed by atoms with Gasteiger partial charge in [0.25, 0.3) is 11.8 Å². The molecule has 4 heterocycles. The predicted octanol–water partition coefficient (Wildman–Crippen LogP) is 11.7. The predicted molar refractivity (Wildman–Crippen MR) is 271 cm³/mol. The molecule has 0 fully saturated rings. The zero-order chi connectivity index (χ0) is 51.1. The number of nitrogens with zero attached hydrogens (tertiary/aromatic N) is 2. The molecular formula is C52H47F3N6O8S2. The number of pyridine rings is 2. The van der Waals surface area contributed by atoms with E-state index in [-0.39, 0.29) is 43.7 Å². The lowest BCUT2D eigenvalue weighted by atomic mass is 10.1. The number of alkyl halides is 3. The molecule has 0 radical (unpaired) electrons. The number of aliphatic carboxylic acids is 2. The number of amides is 2. The Bertz CT molecular complexity index is 3110. The molecule has 6 N–H and O–H groups in total. The average Bonchev–Trinajstić information content (AvgIpc) is 3.99. The highest BCUT2D eigenvalue weighted by Crippen LogP contribution is 2.34. The first-order valence-corrected chi connectivity index (χ1v) is 23.4. The molecule has 2 amide bonds. The Kier molecular flexibility index (Phi) is 17.6. The van der Waals surface area contributed by atoms with E-state index in [0.717, 1.165) is 65.2 Å². The third kappa shape index (κ3) is 15.7. The van der Waals surface area contributed by atoms with Crippen molar-refractivity contribution in [3.05, 3.63) is 156 Å². The number of rotatable bonds is 14. The largest absolute Gasteiger partial charge is 0.490 e. The maximum atomic E-state index is 12.6. The van der Waals surface area contributed by atoms with Crippen LogP contribution in [0.2, 0.25) is 0 Å². The van der Waals surface area contributed by atoms with Crippen LogP contribution in [0.1, 0.15) is 53.0 Å². The van der Waals surface area contributed by atoms with Crippen LogP contribution in [0, 0.1) is 0 Å². The number of thiophene rings is 2. The Morgan fingerprint density at radius 1 is 0.563 bits per heavy atom. The zero-order valence-electron chi connectivity index (χ0n) is 38.4. The van der Waals surface area contributed by atoms with Gasteiger partial charge < -0.3 is 36.2 Å². The van der Waals surface area contributed by atoms with E-state index in [1.54, 1.807) is 30.9 Å². The molecule has 0 aliphatic heterocycles. The van der Waals surface area contributed by atoms with E-state index in [1.807, 2.05) is 87.5 Å². The number of carboxylic acids is 2. The number of aromatic nitrogens is 2. The van der Waals surface area contributed by atoms with Crippen molar-refractivity contribution >= 4 is 95.3 Å². The fraction of sp³-hybridized carbons (Fsp3) is 0.173. The molecule has 8 rings (SSSR count). The van der Waals surface area contributed by atoms with Gasteiger partial charge in [0, 0.05) is 47.6 Å². The number of halogens is 3. The second kappa shape index (κ2) is 23.9. The molecule has 0 bridgehead atoms. The van der Waals surface area contributed by atoms with Gasteiger partial charge in [-0.2, -0.15) is 13.2 Å². The van der Waals surface area contributed by atoms with E-state index in [1.165, 1.54) is 22.7 Å². The first-order chi connectivity index (χ1) is 33.8. The summed E-state index contributed by atoms with van der Waals surface area (Å²) in [4.78, 5) is 66.0. The molecule has 4 aromatic heterocycles. The lowest BCUT2D eigenvalue weighted by molar-refractivity contribution is -0.192. The van der Waals surface area contributed by atoms with Crippen molar-refractivity contribution in [2.75, 3.05) is 23.7 Å². The fourth-order valence-electron chi connectivity index (χ4n) is 6.54. The summed E-state index contributed by atoms with van der Waals surface area (Å²) in [5.74, 6) is -4.54. The number of carboxylic acid groups (broad SMARTS) is 2. The van der Waals surface area contributed by atoms with Crippen LogP contribution in [0.5, 0.6) is 0 Å². The minimum absolute atomic E-state index is 0.0968. The number of ether oxygens (including phenoxy) is 1. The molecule has 0 saturated heterocycles. The van der Waals surface area contributed by atoms with Crippen LogP contribution in [0.3, 0.4) is 0 Å². The highest BCUT2D eigenvalue weighted by Gasteiger charge is 2.38. The van der Waals surface area contributed by atoms with Crippen molar-refractivity contribution in [1.82, 2.24) is 20.6 Å². The van der Waals surface area contributed by atoms with Gasteiger partial charge in [0.05, 0.1) is 55.8 Å². The van der Waals surface area contributed by atoms with Gasteiger partial charge in [0.1, 0.15) is 5.60 Å². The number of esters is 1. The van der Waals surface area contributed by atoms with Crippen LogP contribution in [-0.2, 0) is 19.1 Å². The molecule has 0 aliphatic rings. The monoisotopic (exact) mass is 1000 g/mol. The van der Waals surface area contributed by atoms with Crippen LogP contribution in [0.25, 0.3) is 42.4 Å². The molecule has 14 nitrogen and oxygen atoms in total. The summed E-state index contributed by atoms with van der Waals surface area (Å²) in [6, 6.07) is 40.4. The van der Waals surface area contributed by atoms with Gasteiger partial charge in [0.2, 0.25) is 0 Å². The minimum Gasteiger partial charge on any atom is -0.481 e. The van der Waals surface area contributed by atoms with Gasteiger partial charge in [-0.3, -0.25) is 29.1 Å². The van der Waals surface area contributed by atoms with E-state index >= 15 is 0 Å². The van der Waals surface area contributed by atoms with Crippen molar-refractivity contribution in [1.29, 1.82) is 0 Å². The van der Waals surface area contributed by atoms with Crippen LogP contribution in [0.15, 0.2) is 146 Å². The molecule has 366 valence electrons. The Morgan fingerprint density at radius 3 is 1.31 bits per heavy atom. The van der Waals surface area contributed by atoms with E-state index in [0.29, 0.717) is 9.75 Å². The van der Waals surface area contributed by atoms with E-state index < -0.39 is 23.7 Å². The molecule has 0 aliphatic carbocycles. The van der Waals surface area contributed by atoms with Gasteiger partial charge in [0.15, 0.2) is 0 Å². The lowest BCUT2D eigenvalue weighted by Crippen LogP contribution is -2.29. The van der Waals surface area contributed by atoms with Crippen LogP contribution in [0.4, 0.5) is 35.9 Å². The third-order valence-electron chi connectivity index (χ3n) is 9.78. The Morgan fingerprint density at radius 2 is 0.944 bits per heavy atom. The number of hydrogen-bond donors (Lipinski definition) is 6. The van der Waals surface area contributed by atoms with Crippen molar-refractivity contribution in [3.63, 3.8) is 0 Å². The number of benzene rings is 4. The minimum atomic E-state index is -5.08. The topological polar surface area (TPSA) is 209 Å². The second-order valence-corrected chi connectivity index (χ2v) is 18.5. The molecule has 0 atom stereocenters.